The minimum Gasteiger partial charge on any atom is -0.478 e. The summed E-state index contributed by atoms with van der Waals surface area (Å²) in [5.41, 5.74) is 11.7. The van der Waals surface area contributed by atoms with Crippen LogP contribution in [-0.2, 0) is 35.3 Å². The average Bonchev–Trinajstić information content (AvgIpc) is 3.90. The van der Waals surface area contributed by atoms with E-state index in [0.717, 1.165) is 157 Å². The SMILES string of the molecule is O=C(CCCCCCC(=O)Nc1ccc(C(=O)N(CCNC(=O)c2ccc(C(=O)O)c(C3=c4cc5c6c(c4Oc4c3cc3c7c4CCCN7CCCC3)CCC[N+]=6CCCC5)c2)CC2CCCCCC2)cc1)NO. The van der Waals surface area contributed by atoms with Gasteiger partial charge in [-0.1, -0.05) is 38.5 Å². The Morgan fingerprint density at radius 2 is 1.41 bits per heavy atom. The smallest absolute Gasteiger partial charge is 0.336 e. The van der Waals surface area contributed by atoms with Gasteiger partial charge in [0, 0.05) is 108 Å². The Bertz CT molecular complexity index is 2940. The Kier molecular flexibility index (Phi) is 16.1. The number of nitrogens with one attached hydrogen (secondary N) is 3. The maximum Gasteiger partial charge on any atom is 0.336 e. The van der Waals surface area contributed by atoms with E-state index in [2.05, 4.69) is 32.2 Å². The Hall–Kier alpha value is -6.54. The highest BCUT2D eigenvalue weighted by Crippen LogP contribution is 2.48. The lowest BCUT2D eigenvalue weighted by molar-refractivity contribution is -0.129. The maximum absolute atomic E-state index is 14.5. The van der Waals surface area contributed by atoms with Crippen LogP contribution in [0.2, 0.25) is 0 Å². The molecule has 390 valence electrons. The van der Waals surface area contributed by atoms with Gasteiger partial charge in [-0.2, -0.15) is 0 Å². The van der Waals surface area contributed by atoms with Gasteiger partial charge in [0.2, 0.25) is 17.2 Å². The van der Waals surface area contributed by atoms with E-state index < -0.39 is 11.9 Å². The van der Waals surface area contributed by atoms with Crippen LogP contribution in [0.15, 0.2) is 54.6 Å². The van der Waals surface area contributed by atoms with Crippen LogP contribution in [0.3, 0.4) is 0 Å². The fraction of sp³-hybridized carbons (Fsp3) is 0.500. The number of carboxylic acids is 1. The molecule has 1 saturated carbocycles. The number of fused-ring (bicyclic) bond motifs is 4. The summed E-state index contributed by atoms with van der Waals surface area (Å²) < 4.78 is 9.85. The van der Waals surface area contributed by atoms with Crippen LogP contribution in [0.5, 0.6) is 11.5 Å². The van der Waals surface area contributed by atoms with E-state index in [4.69, 9.17) is 9.94 Å². The molecule has 0 aromatic heterocycles. The van der Waals surface area contributed by atoms with E-state index >= 15 is 0 Å². The third kappa shape index (κ3) is 11.1. The van der Waals surface area contributed by atoms with E-state index in [9.17, 15) is 29.1 Å². The van der Waals surface area contributed by atoms with Gasteiger partial charge in [-0.3, -0.25) is 24.4 Å². The lowest BCUT2D eigenvalue weighted by Gasteiger charge is -2.35. The minimum atomic E-state index is -1.06. The van der Waals surface area contributed by atoms with E-state index in [1.165, 1.54) is 46.1 Å². The van der Waals surface area contributed by atoms with Crippen LogP contribution >= 0.6 is 0 Å². The second-order valence-corrected chi connectivity index (χ2v) is 21.6. The van der Waals surface area contributed by atoms with Crippen molar-refractivity contribution in [2.24, 2.45) is 5.92 Å². The number of benzene rings is 4. The van der Waals surface area contributed by atoms with Crippen molar-refractivity contribution < 1.29 is 39.0 Å². The van der Waals surface area contributed by atoms with Crippen LogP contribution in [0.25, 0.3) is 5.57 Å². The van der Waals surface area contributed by atoms with Gasteiger partial charge in [-0.15, -0.1) is 0 Å². The molecule has 0 spiro atoms. The summed E-state index contributed by atoms with van der Waals surface area (Å²) in [6.07, 6.45) is 20.2. The Morgan fingerprint density at radius 3 is 2.19 bits per heavy atom. The largest absolute Gasteiger partial charge is 0.478 e. The molecule has 0 saturated heterocycles. The number of rotatable bonds is 17. The molecule has 5 N–H and O–H groups in total. The number of nitrogens with zero attached hydrogens (tertiary/aromatic N) is 3. The third-order valence-corrected chi connectivity index (χ3v) is 16.5. The number of anilines is 2. The summed E-state index contributed by atoms with van der Waals surface area (Å²) in [6, 6.07) is 16.5. The molecule has 0 unspecified atom stereocenters. The number of carbonyl (C=O) groups excluding carboxylic acids is 4. The number of hydroxylamine groups is 1. The molecule has 0 bridgehead atoms. The molecule has 14 heteroatoms. The van der Waals surface area contributed by atoms with Gasteiger partial charge < -0.3 is 30.3 Å². The van der Waals surface area contributed by atoms with Crippen molar-refractivity contribution in [3.8, 4) is 11.5 Å². The predicted octanol–water partition coefficient (Wildman–Crippen LogP) is 8.23. The number of unbranched alkanes of at least 4 members (excludes halogenated alkanes) is 3. The summed E-state index contributed by atoms with van der Waals surface area (Å²) in [7, 11) is 0. The molecule has 4 aromatic rings. The second kappa shape index (κ2) is 23.3. The van der Waals surface area contributed by atoms with Crippen molar-refractivity contribution in [1.82, 2.24) is 20.3 Å². The van der Waals surface area contributed by atoms with E-state index in [-0.39, 0.29) is 42.8 Å². The number of ether oxygens (including phenoxy) is 1. The van der Waals surface area contributed by atoms with Crippen molar-refractivity contribution in [3.63, 3.8) is 0 Å². The Labute approximate surface area is 434 Å². The van der Waals surface area contributed by atoms with E-state index in [0.29, 0.717) is 54.1 Å². The first kappa shape index (κ1) is 51.0. The number of aryl methyl sites for hydroxylation is 2. The molecule has 14 nitrogen and oxygen atoms in total. The summed E-state index contributed by atoms with van der Waals surface area (Å²) in [5, 5.41) is 27.9. The molecule has 4 aromatic carbocycles. The number of carboxylic acid groups (broad SMARTS) is 1. The van der Waals surface area contributed by atoms with Gasteiger partial charge in [-0.25, -0.2) is 14.9 Å². The minimum absolute atomic E-state index is 0.126. The molecule has 5 heterocycles. The number of hydrogen-bond donors (Lipinski definition) is 5. The highest BCUT2D eigenvalue weighted by atomic mass is 16.5. The van der Waals surface area contributed by atoms with Crippen molar-refractivity contribution in [2.45, 2.75) is 141 Å². The summed E-state index contributed by atoms with van der Waals surface area (Å²) in [4.78, 5) is 70.6. The zero-order chi connectivity index (χ0) is 51.1. The molecule has 6 aliphatic rings. The second-order valence-electron chi connectivity index (χ2n) is 21.6. The van der Waals surface area contributed by atoms with Crippen molar-refractivity contribution in [1.29, 1.82) is 0 Å². The molecular weight excluding hydrogens is 933 g/mol. The Balaban J connectivity index is 0.924. The monoisotopic (exact) mass is 1010 g/mol. The lowest BCUT2D eigenvalue weighted by Crippen LogP contribution is -2.41. The lowest BCUT2D eigenvalue weighted by atomic mass is 9.82. The van der Waals surface area contributed by atoms with E-state index in [1.807, 2.05) is 4.90 Å². The number of aromatic carboxylic acids is 1. The van der Waals surface area contributed by atoms with Crippen molar-refractivity contribution in [2.75, 3.05) is 56.0 Å². The summed E-state index contributed by atoms with van der Waals surface area (Å²) in [6.45, 7) is 5.12. The average molecular weight is 1010 g/mol. The first-order valence-corrected chi connectivity index (χ1v) is 27.9. The highest BCUT2D eigenvalue weighted by molar-refractivity contribution is 6.03. The van der Waals surface area contributed by atoms with Gasteiger partial charge in [0.15, 0.2) is 0 Å². The number of amides is 4. The van der Waals surface area contributed by atoms with Crippen LogP contribution in [0.4, 0.5) is 11.4 Å². The molecule has 0 atom stereocenters. The zero-order valence-corrected chi connectivity index (χ0v) is 43.0. The molecule has 1 aliphatic carbocycles. The third-order valence-electron chi connectivity index (χ3n) is 16.5. The van der Waals surface area contributed by atoms with Crippen LogP contribution in [0.1, 0.15) is 180 Å². The normalized spacial score (nSPS) is 17.0. The molecule has 74 heavy (non-hydrogen) atoms. The number of hydrogen-bond acceptors (Lipinski definition) is 8. The predicted molar refractivity (Wildman–Crippen MR) is 285 cm³/mol. The topological polar surface area (TPSA) is 181 Å². The first-order chi connectivity index (χ1) is 36.1. The van der Waals surface area contributed by atoms with Crippen molar-refractivity contribution in [3.05, 3.63) is 115 Å². The molecule has 0 radical (unpaired) electrons. The quantitative estimate of drug-likeness (QED) is 0.0202. The van der Waals surface area contributed by atoms with Crippen molar-refractivity contribution >= 4 is 46.5 Å². The highest BCUT2D eigenvalue weighted by Gasteiger charge is 2.36. The van der Waals surface area contributed by atoms with Gasteiger partial charge in [0.05, 0.1) is 11.1 Å². The Morgan fingerprint density at radius 1 is 0.689 bits per heavy atom. The molecule has 4 amide bonds. The van der Waals surface area contributed by atoms with Gasteiger partial charge in [0.1, 0.15) is 24.6 Å². The molecule has 10 rings (SSSR count). The zero-order valence-electron chi connectivity index (χ0n) is 43.0. The maximum atomic E-state index is 14.5. The number of carbonyl (C=O) groups is 5. The van der Waals surface area contributed by atoms with Crippen LogP contribution in [0, 0.1) is 5.92 Å². The first-order valence-electron chi connectivity index (χ1n) is 27.9. The fourth-order valence-electron chi connectivity index (χ4n) is 12.8. The standard InChI is InChI=1S/C60H72N6O8/c67-51(21-7-3-4-8-22-52(68)63-73)62-44-26-23-40(24-27-44)59(70)66(38-39-15-5-1-2-6-16-39)34-29-61-58(69)43-25-28-45(60(71)72)48(37-43)53-49-35-41-17-9-11-30-64-32-13-19-46(54(41)64)56(49)74-57-47-20-14-33-65-31-12-10-18-42(55(47)65)36-50(53)57/h23-28,35-37,39H,1-22,29-34,38H2,(H4-,61,62,63,67,68,69,70,71,72,73)/p+1. The van der Waals surface area contributed by atoms with Crippen LogP contribution < -0.4 is 40.9 Å². The van der Waals surface area contributed by atoms with E-state index in [1.54, 1.807) is 47.9 Å². The van der Waals surface area contributed by atoms with Gasteiger partial charge in [0.25, 0.3) is 11.8 Å². The molecular formula is C60H73N6O8+. The molecule has 5 aliphatic heterocycles. The summed E-state index contributed by atoms with van der Waals surface area (Å²) in [5.74, 6) is -0.0741. The van der Waals surface area contributed by atoms with Crippen LogP contribution in [-0.4, -0.2) is 90.6 Å². The molecule has 1 fully saturated rings. The van der Waals surface area contributed by atoms with Gasteiger partial charge in [-0.05, 0) is 149 Å². The fourth-order valence-corrected chi connectivity index (χ4v) is 12.8. The summed E-state index contributed by atoms with van der Waals surface area (Å²) >= 11 is 0. The van der Waals surface area contributed by atoms with Gasteiger partial charge >= 0.3 is 5.97 Å².